The zero-order valence-electron chi connectivity index (χ0n) is 16.3. The summed E-state index contributed by atoms with van der Waals surface area (Å²) in [5.74, 6) is 0.240. The molecule has 0 saturated carbocycles. The molecular formula is C22H27FN2O3. The largest absolute Gasteiger partial charge is 0.495 e. The molecule has 2 N–H and O–H groups in total. The lowest BCUT2D eigenvalue weighted by Crippen LogP contribution is -2.48. The van der Waals surface area contributed by atoms with Gasteiger partial charge in [-0.25, -0.2) is 4.39 Å². The monoisotopic (exact) mass is 386 g/mol. The van der Waals surface area contributed by atoms with Gasteiger partial charge in [0.05, 0.1) is 18.8 Å². The van der Waals surface area contributed by atoms with Gasteiger partial charge in [-0.05, 0) is 49.6 Å². The summed E-state index contributed by atoms with van der Waals surface area (Å²) < 4.78 is 24.2. The lowest BCUT2D eigenvalue weighted by molar-refractivity contribution is -0.117. The number of amides is 1. The molecule has 0 aliphatic carbocycles. The van der Waals surface area contributed by atoms with E-state index < -0.39 is 6.04 Å². The fourth-order valence-corrected chi connectivity index (χ4v) is 3.56. The van der Waals surface area contributed by atoms with Crippen molar-refractivity contribution in [3.05, 3.63) is 59.9 Å². The number of carbonyl (C=O) groups is 1. The fraction of sp³-hybridized carbons (Fsp3) is 0.409. The van der Waals surface area contributed by atoms with Crippen molar-refractivity contribution in [3.8, 4) is 5.75 Å². The standard InChI is InChI=1S/C22H27FN2O3/c1-16(21(26)25-19-5-3-4-6-20(19)27-2)24-15-22(11-13-28-14-12-22)17-7-9-18(23)10-8-17/h3-10,16,24H,11-15H2,1-2H3,(H,25,26). The Labute approximate surface area is 165 Å². The van der Waals surface area contributed by atoms with E-state index in [9.17, 15) is 9.18 Å². The van der Waals surface area contributed by atoms with Crippen LogP contribution in [0.4, 0.5) is 10.1 Å². The Hall–Kier alpha value is -2.44. The highest BCUT2D eigenvalue weighted by Crippen LogP contribution is 2.34. The summed E-state index contributed by atoms with van der Waals surface area (Å²) in [5.41, 5.74) is 1.54. The van der Waals surface area contributed by atoms with Gasteiger partial charge in [0.25, 0.3) is 0 Å². The first-order chi connectivity index (χ1) is 13.5. The lowest BCUT2D eigenvalue weighted by atomic mass is 9.74. The third-order valence-corrected chi connectivity index (χ3v) is 5.41. The molecule has 1 unspecified atom stereocenters. The predicted octanol–water partition coefficient (Wildman–Crippen LogP) is 3.50. The number of hydrogen-bond acceptors (Lipinski definition) is 4. The second-order valence-electron chi connectivity index (χ2n) is 7.19. The highest BCUT2D eigenvalue weighted by molar-refractivity contribution is 5.95. The second-order valence-corrected chi connectivity index (χ2v) is 7.19. The summed E-state index contributed by atoms with van der Waals surface area (Å²) >= 11 is 0. The molecule has 0 spiro atoms. The quantitative estimate of drug-likeness (QED) is 0.765. The van der Waals surface area contributed by atoms with Crippen LogP contribution in [-0.4, -0.2) is 38.8 Å². The van der Waals surface area contributed by atoms with Crippen LogP contribution in [0.2, 0.25) is 0 Å². The maximum atomic E-state index is 13.4. The molecule has 150 valence electrons. The molecule has 1 aliphatic heterocycles. The summed E-state index contributed by atoms with van der Waals surface area (Å²) in [6.45, 7) is 3.76. The maximum Gasteiger partial charge on any atom is 0.241 e. The van der Waals surface area contributed by atoms with Crippen molar-refractivity contribution in [1.82, 2.24) is 5.32 Å². The molecule has 1 saturated heterocycles. The van der Waals surface area contributed by atoms with E-state index in [-0.39, 0.29) is 17.1 Å². The van der Waals surface area contributed by atoms with Gasteiger partial charge >= 0.3 is 0 Å². The Kier molecular flexibility index (Phi) is 6.65. The van der Waals surface area contributed by atoms with Crippen LogP contribution in [0.3, 0.4) is 0 Å². The number of methoxy groups -OCH3 is 1. The van der Waals surface area contributed by atoms with Gasteiger partial charge in [0.15, 0.2) is 0 Å². The van der Waals surface area contributed by atoms with Gasteiger partial charge in [0, 0.05) is 25.2 Å². The number of anilines is 1. The van der Waals surface area contributed by atoms with Crippen LogP contribution in [0.15, 0.2) is 48.5 Å². The molecule has 0 aromatic heterocycles. The first-order valence-electron chi connectivity index (χ1n) is 9.55. The van der Waals surface area contributed by atoms with Gasteiger partial charge in [-0.2, -0.15) is 0 Å². The molecule has 28 heavy (non-hydrogen) atoms. The van der Waals surface area contributed by atoms with E-state index in [4.69, 9.17) is 9.47 Å². The summed E-state index contributed by atoms with van der Waals surface area (Å²) in [6, 6.07) is 13.6. The van der Waals surface area contributed by atoms with E-state index >= 15 is 0 Å². The van der Waals surface area contributed by atoms with Crippen molar-refractivity contribution >= 4 is 11.6 Å². The number of rotatable bonds is 7. The van der Waals surface area contributed by atoms with Gasteiger partial charge < -0.3 is 20.1 Å². The molecule has 0 bridgehead atoms. The predicted molar refractivity (Wildman–Crippen MR) is 107 cm³/mol. The number of carbonyl (C=O) groups excluding carboxylic acids is 1. The van der Waals surface area contributed by atoms with Crippen molar-refractivity contribution in [3.63, 3.8) is 0 Å². The van der Waals surface area contributed by atoms with E-state index in [0.29, 0.717) is 31.2 Å². The third-order valence-electron chi connectivity index (χ3n) is 5.41. The summed E-state index contributed by atoms with van der Waals surface area (Å²) in [5, 5.41) is 6.27. The van der Waals surface area contributed by atoms with Crippen LogP contribution in [0.25, 0.3) is 0 Å². The maximum absolute atomic E-state index is 13.4. The van der Waals surface area contributed by atoms with Crippen LogP contribution >= 0.6 is 0 Å². The minimum atomic E-state index is -0.398. The van der Waals surface area contributed by atoms with Gasteiger partial charge in [0.2, 0.25) is 5.91 Å². The van der Waals surface area contributed by atoms with Crippen molar-refractivity contribution < 1.29 is 18.7 Å². The van der Waals surface area contributed by atoms with Gasteiger partial charge in [-0.3, -0.25) is 4.79 Å². The van der Waals surface area contributed by atoms with E-state index in [1.54, 1.807) is 13.2 Å². The molecule has 3 rings (SSSR count). The van der Waals surface area contributed by atoms with Gasteiger partial charge in [-0.15, -0.1) is 0 Å². The molecule has 2 aromatic rings. The topological polar surface area (TPSA) is 59.6 Å². The number of ether oxygens (including phenoxy) is 2. The molecule has 6 heteroatoms. The third kappa shape index (κ3) is 4.69. The van der Waals surface area contributed by atoms with Crippen LogP contribution in [0, 0.1) is 5.82 Å². The van der Waals surface area contributed by atoms with Crippen LogP contribution in [0.5, 0.6) is 5.75 Å². The highest BCUT2D eigenvalue weighted by atomic mass is 19.1. The summed E-state index contributed by atoms with van der Waals surface area (Å²) in [4.78, 5) is 12.6. The molecule has 1 atom stereocenters. The average Bonchev–Trinajstić information content (AvgIpc) is 2.73. The highest BCUT2D eigenvalue weighted by Gasteiger charge is 2.35. The van der Waals surface area contributed by atoms with E-state index in [2.05, 4.69) is 10.6 Å². The normalized spacial score (nSPS) is 17.0. The summed E-state index contributed by atoms with van der Waals surface area (Å²) in [7, 11) is 1.57. The average molecular weight is 386 g/mol. The molecule has 1 heterocycles. The fourth-order valence-electron chi connectivity index (χ4n) is 3.56. The van der Waals surface area contributed by atoms with E-state index in [0.717, 1.165) is 18.4 Å². The Bertz CT molecular complexity index is 789. The summed E-state index contributed by atoms with van der Waals surface area (Å²) in [6.07, 6.45) is 1.65. The van der Waals surface area contributed by atoms with Crippen molar-refractivity contribution in [2.45, 2.75) is 31.2 Å². The number of hydrogen-bond donors (Lipinski definition) is 2. The number of halogens is 1. The number of para-hydroxylation sites is 2. The molecular weight excluding hydrogens is 359 g/mol. The molecule has 1 fully saturated rings. The van der Waals surface area contributed by atoms with Crippen LogP contribution in [0.1, 0.15) is 25.3 Å². The Balaban J connectivity index is 1.67. The first kappa shape index (κ1) is 20.3. The van der Waals surface area contributed by atoms with Crippen molar-refractivity contribution in [2.75, 3.05) is 32.2 Å². The van der Waals surface area contributed by atoms with Gasteiger partial charge in [-0.1, -0.05) is 24.3 Å². The van der Waals surface area contributed by atoms with E-state index in [1.807, 2.05) is 37.3 Å². The first-order valence-corrected chi connectivity index (χ1v) is 9.55. The Morgan fingerprint density at radius 2 is 1.86 bits per heavy atom. The number of benzene rings is 2. The van der Waals surface area contributed by atoms with Crippen molar-refractivity contribution in [1.29, 1.82) is 0 Å². The SMILES string of the molecule is COc1ccccc1NC(=O)C(C)NCC1(c2ccc(F)cc2)CCOCC1. The molecule has 1 aliphatic rings. The van der Waals surface area contributed by atoms with Crippen LogP contribution < -0.4 is 15.4 Å². The molecule has 2 aromatic carbocycles. The lowest BCUT2D eigenvalue weighted by Gasteiger charge is -2.38. The minimum absolute atomic E-state index is 0.134. The zero-order chi connectivity index (χ0) is 20.0. The smallest absolute Gasteiger partial charge is 0.241 e. The van der Waals surface area contributed by atoms with Crippen LogP contribution in [-0.2, 0) is 14.9 Å². The van der Waals surface area contributed by atoms with Crippen molar-refractivity contribution in [2.24, 2.45) is 0 Å². The molecule has 5 nitrogen and oxygen atoms in total. The van der Waals surface area contributed by atoms with Gasteiger partial charge in [0.1, 0.15) is 11.6 Å². The van der Waals surface area contributed by atoms with E-state index in [1.165, 1.54) is 12.1 Å². The Morgan fingerprint density at radius 3 is 2.54 bits per heavy atom. The second kappa shape index (κ2) is 9.17. The zero-order valence-corrected chi connectivity index (χ0v) is 16.3. The minimum Gasteiger partial charge on any atom is -0.495 e. The number of nitrogens with one attached hydrogen (secondary N) is 2. The Morgan fingerprint density at radius 1 is 1.18 bits per heavy atom. The molecule has 0 radical (unpaired) electrons. The molecule has 1 amide bonds.